The summed E-state index contributed by atoms with van der Waals surface area (Å²) in [4.78, 5) is 2.52. The Labute approximate surface area is 301 Å². The number of fused-ring (bicyclic) bond motifs is 6. The van der Waals surface area contributed by atoms with Crippen LogP contribution < -0.4 is 4.90 Å². The standard InChI is InChI=1S/C50H41N/c1-33(2)43-31-36(34-15-6-5-7-16-34)27-30-47(43)51(48-24-14-23-46-49(48)42-21-12-13-22-45(42)50(46,3)4)38-28-25-35(26-29-38)44-32-37-17-8-9-18-39(37)40-19-10-11-20-41(40)44/h5-33H,1-4H3. The molecule has 0 N–H and O–H groups in total. The predicted octanol–water partition coefficient (Wildman–Crippen LogP) is 14.2. The Morgan fingerprint density at radius 3 is 1.88 bits per heavy atom. The molecule has 0 atom stereocenters. The number of hydrogen-bond donors (Lipinski definition) is 0. The van der Waals surface area contributed by atoms with E-state index >= 15 is 0 Å². The van der Waals surface area contributed by atoms with Gasteiger partial charge in [0.2, 0.25) is 0 Å². The summed E-state index contributed by atoms with van der Waals surface area (Å²) in [5.74, 6) is 0.315. The lowest BCUT2D eigenvalue weighted by Crippen LogP contribution is -2.16. The smallest absolute Gasteiger partial charge is 0.0543 e. The van der Waals surface area contributed by atoms with Crippen molar-refractivity contribution in [2.45, 2.75) is 39.0 Å². The minimum absolute atomic E-state index is 0.0906. The van der Waals surface area contributed by atoms with Gasteiger partial charge in [0.05, 0.1) is 5.69 Å². The number of hydrogen-bond acceptors (Lipinski definition) is 1. The molecule has 9 rings (SSSR count). The van der Waals surface area contributed by atoms with E-state index < -0.39 is 0 Å². The Balaban J connectivity index is 1.26. The van der Waals surface area contributed by atoms with Crippen molar-refractivity contribution < 1.29 is 0 Å². The molecule has 0 amide bonds. The van der Waals surface area contributed by atoms with Gasteiger partial charge in [-0.1, -0.05) is 161 Å². The lowest BCUT2D eigenvalue weighted by molar-refractivity contribution is 0.660. The van der Waals surface area contributed by atoms with E-state index in [1.54, 1.807) is 0 Å². The largest absolute Gasteiger partial charge is 0.310 e. The van der Waals surface area contributed by atoms with Crippen LogP contribution in [0.15, 0.2) is 170 Å². The van der Waals surface area contributed by atoms with Gasteiger partial charge in [-0.15, -0.1) is 0 Å². The van der Waals surface area contributed by atoms with Crippen molar-refractivity contribution in [3.63, 3.8) is 0 Å². The Morgan fingerprint density at radius 2 is 1.10 bits per heavy atom. The quantitative estimate of drug-likeness (QED) is 0.161. The highest BCUT2D eigenvalue weighted by Gasteiger charge is 2.38. The van der Waals surface area contributed by atoms with Gasteiger partial charge < -0.3 is 4.90 Å². The predicted molar refractivity (Wildman–Crippen MR) is 219 cm³/mol. The molecule has 0 aliphatic heterocycles. The minimum atomic E-state index is -0.0906. The highest BCUT2D eigenvalue weighted by atomic mass is 15.1. The maximum absolute atomic E-state index is 2.52. The molecular formula is C50H41N. The molecule has 1 aliphatic carbocycles. The fraction of sp³-hybridized carbons (Fsp3) is 0.120. The molecule has 0 aromatic heterocycles. The van der Waals surface area contributed by atoms with Crippen molar-refractivity contribution in [3.8, 4) is 33.4 Å². The van der Waals surface area contributed by atoms with Crippen LogP contribution in [0.2, 0.25) is 0 Å². The first kappa shape index (κ1) is 31.1. The first-order valence-electron chi connectivity index (χ1n) is 18.1. The topological polar surface area (TPSA) is 3.24 Å². The van der Waals surface area contributed by atoms with Crippen molar-refractivity contribution in [2.75, 3.05) is 4.90 Å². The molecule has 1 aliphatic rings. The van der Waals surface area contributed by atoms with Crippen LogP contribution in [-0.4, -0.2) is 0 Å². The highest BCUT2D eigenvalue weighted by Crippen LogP contribution is 2.55. The van der Waals surface area contributed by atoms with Crippen molar-refractivity contribution in [2.24, 2.45) is 0 Å². The molecule has 246 valence electrons. The van der Waals surface area contributed by atoms with Crippen molar-refractivity contribution in [3.05, 3.63) is 187 Å². The zero-order valence-electron chi connectivity index (χ0n) is 29.7. The molecule has 0 fully saturated rings. The third kappa shape index (κ3) is 5.07. The van der Waals surface area contributed by atoms with Gasteiger partial charge >= 0.3 is 0 Å². The molecular weight excluding hydrogens is 615 g/mol. The van der Waals surface area contributed by atoms with Gasteiger partial charge in [0.15, 0.2) is 0 Å². The fourth-order valence-corrected chi connectivity index (χ4v) is 8.44. The van der Waals surface area contributed by atoms with E-state index in [4.69, 9.17) is 0 Å². The van der Waals surface area contributed by atoms with E-state index in [2.05, 4.69) is 202 Å². The summed E-state index contributed by atoms with van der Waals surface area (Å²) in [5.41, 5.74) is 15.2. The normalized spacial score (nSPS) is 13.0. The second-order valence-electron chi connectivity index (χ2n) is 14.7. The molecule has 1 nitrogen and oxygen atoms in total. The second-order valence-corrected chi connectivity index (χ2v) is 14.7. The average molecular weight is 656 g/mol. The Bertz CT molecular complexity index is 2570. The zero-order valence-corrected chi connectivity index (χ0v) is 29.7. The molecule has 8 aromatic carbocycles. The molecule has 51 heavy (non-hydrogen) atoms. The SMILES string of the molecule is CC(C)c1cc(-c2ccccc2)ccc1N(c1ccc(-c2cc3ccccc3c3ccccc23)cc1)c1cccc2c1-c1ccccc1C2(C)C. The molecule has 0 saturated heterocycles. The van der Waals surface area contributed by atoms with Gasteiger partial charge in [-0.3, -0.25) is 0 Å². The first-order valence-corrected chi connectivity index (χ1v) is 18.1. The number of nitrogens with zero attached hydrogens (tertiary/aromatic N) is 1. The van der Waals surface area contributed by atoms with E-state index in [0.717, 1.165) is 5.69 Å². The summed E-state index contributed by atoms with van der Waals surface area (Å²) in [6, 6.07) is 62.8. The highest BCUT2D eigenvalue weighted by molar-refractivity contribution is 6.13. The summed E-state index contributed by atoms with van der Waals surface area (Å²) in [6.45, 7) is 9.35. The summed E-state index contributed by atoms with van der Waals surface area (Å²) >= 11 is 0. The molecule has 0 heterocycles. The van der Waals surface area contributed by atoms with Crippen LogP contribution in [0.25, 0.3) is 54.9 Å². The lowest BCUT2D eigenvalue weighted by atomic mass is 9.82. The molecule has 1 heteroatoms. The molecule has 0 spiro atoms. The summed E-state index contributed by atoms with van der Waals surface area (Å²) in [7, 11) is 0. The minimum Gasteiger partial charge on any atom is -0.310 e. The van der Waals surface area contributed by atoms with Crippen molar-refractivity contribution in [1.82, 2.24) is 0 Å². The van der Waals surface area contributed by atoms with E-state index in [9.17, 15) is 0 Å². The average Bonchev–Trinajstić information content (AvgIpc) is 3.42. The molecule has 0 bridgehead atoms. The zero-order chi connectivity index (χ0) is 34.7. The van der Waals surface area contributed by atoms with Gasteiger partial charge in [0.25, 0.3) is 0 Å². The molecule has 0 radical (unpaired) electrons. The third-order valence-electron chi connectivity index (χ3n) is 11.0. The fourth-order valence-electron chi connectivity index (χ4n) is 8.44. The summed E-state index contributed by atoms with van der Waals surface area (Å²) in [5, 5.41) is 5.12. The van der Waals surface area contributed by atoms with Crippen LogP contribution in [0.5, 0.6) is 0 Å². The number of anilines is 3. The van der Waals surface area contributed by atoms with Gasteiger partial charge in [-0.2, -0.15) is 0 Å². The van der Waals surface area contributed by atoms with E-state index in [1.165, 1.54) is 83.0 Å². The van der Waals surface area contributed by atoms with Crippen LogP contribution in [0.4, 0.5) is 17.1 Å². The van der Waals surface area contributed by atoms with Gasteiger partial charge in [0.1, 0.15) is 0 Å². The van der Waals surface area contributed by atoms with Gasteiger partial charge in [0, 0.05) is 22.4 Å². The van der Waals surface area contributed by atoms with Gasteiger partial charge in [-0.25, -0.2) is 0 Å². The molecule has 0 unspecified atom stereocenters. The van der Waals surface area contributed by atoms with Crippen molar-refractivity contribution in [1.29, 1.82) is 0 Å². The third-order valence-corrected chi connectivity index (χ3v) is 11.0. The first-order chi connectivity index (χ1) is 24.9. The summed E-state index contributed by atoms with van der Waals surface area (Å²) < 4.78 is 0. The van der Waals surface area contributed by atoms with Crippen LogP contribution in [0.1, 0.15) is 50.3 Å². The number of benzene rings is 8. The molecule has 8 aromatic rings. The van der Waals surface area contributed by atoms with Crippen LogP contribution in [0.3, 0.4) is 0 Å². The van der Waals surface area contributed by atoms with Crippen LogP contribution in [0, 0.1) is 0 Å². The summed E-state index contributed by atoms with van der Waals surface area (Å²) in [6.07, 6.45) is 0. The Morgan fingerprint density at radius 1 is 0.451 bits per heavy atom. The van der Waals surface area contributed by atoms with E-state index in [-0.39, 0.29) is 5.41 Å². The van der Waals surface area contributed by atoms with E-state index in [1.807, 2.05) is 0 Å². The molecule has 0 saturated carbocycles. The lowest BCUT2D eigenvalue weighted by Gasteiger charge is -2.31. The monoisotopic (exact) mass is 655 g/mol. The maximum Gasteiger partial charge on any atom is 0.0543 e. The Kier molecular flexibility index (Phi) is 7.40. The van der Waals surface area contributed by atoms with E-state index in [0.29, 0.717) is 5.92 Å². The van der Waals surface area contributed by atoms with Crippen LogP contribution >= 0.6 is 0 Å². The van der Waals surface area contributed by atoms with Crippen molar-refractivity contribution >= 4 is 38.6 Å². The maximum atomic E-state index is 2.52. The van der Waals surface area contributed by atoms with Gasteiger partial charge in [-0.05, 0) is 108 Å². The Hall–Kier alpha value is -5.92. The van der Waals surface area contributed by atoms with Crippen LogP contribution in [-0.2, 0) is 5.41 Å². The second kappa shape index (κ2) is 12.1. The number of rotatable bonds is 6.